The number of carbonyl (C=O) groups excluding carboxylic acids is 2. The number of halogens is 2. The highest BCUT2D eigenvalue weighted by atomic mass is 35.5. The molecule has 0 saturated heterocycles. The zero-order valence-electron chi connectivity index (χ0n) is 54.9. The lowest BCUT2D eigenvalue weighted by Crippen LogP contribution is -2.38. The van der Waals surface area contributed by atoms with Gasteiger partial charge in [0.1, 0.15) is 45.1 Å². The molecule has 9 N–H and O–H groups in total. The second-order valence-electron chi connectivity index (χ2n) is 22.4. The van der Waals surface area contributed by atoms with E-state index < -0.39 is 22.1 Å². The molecule has 3 radical (unpaired) electrons. The first-order chi connectivity index (χ1) is 42.0. The summed E-state index contributed by atoms with van der Waals surface area (Å²) >= 11 is 5.85. The Hall–Kier alpha value is -6.99. The van der Waals surface area contributed by atoms with E-state index in [2.05, 4.69) is 55.4 Å². The molecule has 0 aliphatic heterocycles. The van der Waals surface area contributed by atoms with Crippen LogP contribution in [0.5, 0.6) is 0 Å². The zero-order chi connectivity index (χ0) is 65.0. The lowest BCUT2D eigenvalue weighted by atomic mass is 10.1. The molecule has 8 aromatic rings. The van der Waals surface area contributed by atoms with E-state index >= 15 is 0 Å². The van der Waals surface area contributed by atoms with E-state index in [9.17, 15) is 19.7 Å². The van der Waals surface area contributed by atoms with Crippen LogP contribution in [0.1, 0.15) is 160 Å². The summed E-state index contributed by atoms with van der Waals surface area (Å²) < 4.78 is 31.2. The van der Waals surface area contributed by atoms with Crippen LogP contribution in [-0.2, 0) is 54.4 Å². The second-order valence-corrected chi connectivity index (χ2v) is 22.8. The highest BCUT2D eigenvalue weighted by Crippen LogP contribution is 2.33. The number of rotatable bonds is 24. The molecule has 5 heterocycles. The van der Waals surface area contributed by atoms with Crippen molar-refractivity contribution in [3.8, 4) is 0 Å². The fraction of sp³-hybridized carbons (Fsp3) is 0.530. The Morgan fingerprint density at radius 2 is 1.04 bits per heavy atom. The van der Waals surface area contributed by atoms with Gasteiger partial charge in [-0.15, -0.1) is 12.4 Å². The van der Waals surface area contributed by atoms with Gasteiger partial charge < -0.3 is 61.1 Å². The first-order valence-corrected chi connectivity index (χ1v) is 31.1. The minimum Gasteiger partial charge on any atom is -0.460 e. The monoisotopic (exact) mass is 1300 g/mol. The topological polar surface area (TPSA) is 314 Å². The fourth-order valence-electron chi connectivity index (χ4n) is 9.44. The highest BCUT2D eigenvalue weighted by molar-refractivity contribution is 6.37. The first-order valence-electron chi connectivity index (χ1n) is 30.7. The van der Waals surface area contributed by atoms with E-state index in [1.165, 1.54) is 6.20 Å². The summed E-state index contributed by atoms with van der Waals surface area (Å²) in [6, 6.07) is 23.2. The number of ether oxygens (including phenoxy) is 5. The number of pyridine rings is 3. The molecule has 8 rings (SSSR count). The molecule has 91 heavy (non-hydrogen) atoms. The quantitative estimate of drug-likeness (QED) is 0.00937. The number of benzene rings is 3. The van der Waals surface area contributed by atoms with Crippen LogP contribution in [0.4, 0.5) is 22.1 Å². The van der Waals surface area contributed by atoms with Crippen molar-refractivity contribution < 1.29 is 38.2 Å². The average Bonchev–Trinajstić information content (AvgIpc) is 1.69. The van der Waals surface area contributed by atoms with E-state index in [0.717, 1.165) is 133 Å². The Labute approximate surface area is 551 Å². The predicted molar refractivity (Wildman–Crippen MR) is 374 cm³/mol. The van der Waals surface area contributed by atoms with Crippen LogP contribution < -0.4 is 28.3 Å². The molecular formula is C66H101BCl2N13O9. The fourth-order valence-corrected chi connectivity index (χ4v) is 9.72. The molecular weight excluding hydrogens is 1200 g/mol. The molecule has 1 amide bonds. The van der Waals surface area contributed by atoms with Crippen LogP contribution in [0, 0.1) is 10.1 Å². The maximum atomic E-state index is 11.9. The second kappa shape index (κ2) is 40.8. The first kappa shape index (κ1) is 82.0. The summed E-state index contributed by atoms with van der Waals surface area (Å²) in [5.41, 5.74) is 28.4. The van der Waals surface area contributed by atoms with Gasteiger partial charge in [-0.25, -0.2) is 29.7 Å². The van der Waals surface area contributed by atoms with Crippen molar-refractivity contribution in [3.63, 3.8) is 0 Å². The normalized spacial score (nSPS) is 11.1. The summed E-state index contributed by atoms with van der Waals surface area (Å²) in [6.45, 7) is 28.8. The highest BCUT2D eigenvalue weighted by Gasteiger charge is 2.30. The zero-order valence-corrected chi connectivity index (χ0v) is 56.4. The predicted octanol–water partition coefficient (Wildman–Crippen LogP) is 14.0. The number of nitrogens with two attached hydrogens (primary N) is 4. The van der Waals surface area contributed by atoms with Crippen LogP contribution >= 0.6 is 24.0 Å². The molecule has 0 fully saturated rings. The number of hydrogen-bond acceptors (Lipinski definition) is 18. The summed E-state index contributed by atoms with van der Waals surface area (Å²) in [5.74, 6) is 2.14. The van der Waals surface area contributed by atoms with Crippen molar-refractivity contribution in [3.05, 3.63) is 106 Å². The molecule has 0 atom stereocenters. The molecule has 0 aliphatic carbocycles. The molecule has 0 aliphatic rings. The van der Waals surface area contributed by atoms with E-state index in [4.69, 9.17) is 68.2 Å². The number of fused-ring (bicyclic) bond motifs is 7. The summed E-state index contributed by atoms with van der Waals surface area (Å²) in [7, 11) is 0. The average molecular weight is 1300 g/mol. The number of alkyl carbamates (subject to hydrolysis) is 1. The molecule has 0 bridgehead atoms. The third-order valence-electron chi connectivity index (χ3n) is 13.2. The van der Waals surface area contributed by atoms with Crippen LogP contribution in [0.2, 0.25) is 5.02 Å². The third kappa shape index (κ3) is 25.2. The summed E-state index contributed by atoms with van der Waals surface area (Å²) in [5, 5.41) is 16.1. The Bertz CT molecular complexity index is 3470. The number of imidazole rings is 2. The number of nitro groups is 1. The van der Waals surface area contributed by atoms with Crippen molar-refractivity contribution in [2.75, 3.05) is 50.9 Å². The van der Waals surface area contributed by atoms with Gasteiger partial charge in [0.05, 0.1) is 32.5 Å². The minimum absolute atomic E-state index is 0. The van der Waals surface area contributed by atoms with E-state index in [1.807, 2.05) is 106 Å². The van der Waals surface area contributed by atoms with Gasteiger partial charge >= 0.3 is 17.7 Å². The molecule has 25 heteroatoms. The minimum atomic E-state index is -0.807. The summed E-state index contributed by atoms with van der Waals surface area (Å²) in [6.07, 6.45) is 10.3. The maximum Gasteiger partial charge on any atom is 0.407 e. The number of nitrogen functional groups attached to an aromatic ring is 2. The molecule has 0 unspecified atom stereocenters. The van der Waals surface area contributed by atoms with Crippen LogP contribution in [0.3, 0.4) is 0 Å². The molecule has 0 saturated carbocycles. The number of unbranched alkanes of at least 4 members (excludes halogenated alkanes) is 4. The molecule has 0 spiro atoms. The van der Waals surface area contributed by atoms with Gasteiger partial charge in [-0.3, -0.25) is 14.9 Å². The number of aryl methyl sites for hydroxylation is 4. The molecule has 501 valence electrons. The maximum absolute atomic E-state index is 11.9. The number of anilines is 2. The number of aromatic nitrogens is 7. The van der Waals surface area contributed by atoms with Crippen LogP contribution in [0.15, 0.2) is 79.0 Å². The largest absolute Gasteiger partial charge is 0.460 e. The Kier molecular flexibility index (Phi) is 36.8. The van der Waals surface area contributed by atoms with E-state index in [1.54, 1.807) is 24.3 Å². The SMILES string of the molecule is C.CC(C)(C)OC(=O)NCCCCN.CCOC(CC)(OCC)OCC.CCc1nc2c(N)nc3ccccc3c2n1CCCCCC(=O)OC(C)(C)C.CCc1nc2c(N)nc3ccccc3c2n1CCCCN.Cl.O=[N+]([O-])c1cnc2ccccc2c1Cl.[B]. The van der Waals surface area contributed by atoms with Gasteiger partial charge in [0, 0.05) is 89.7 Å². The van der Waals surface area contributed by atoms with Crippen molar-refractivity contribution in [2.24, 2.45) is 11.5 Å². The van der Waals surface area contributed by atoms with Gasteiger partial charge in [-0.1, -0.05) is 101 Å². The van der Waals surface area contributed by atoms with Gasteiger partial charge in [0.2, 0.25) is 0 Å². The summed E-state index contributed by atoms with van der Waals surface area (Å²) in [4.78, 5) is 55.3. The Morgan fingerprint density at radius 3 is 1.46 bits per heavy atom. The number of para-hydroxylation sites is 3. The van der Waals surface area contributed by atoms with Crippen molar-refractivity contribution in [2.45, 2.75) is 191 Å². The molecule has 3 aromatic carbocycles. The molecule has 5 aromatic heterocycles. The van der Waals surface area contributed by atoms with E-state index in [-0.39, 0.29) is 51.0 Å². The van der Waals surface area contributed by atoms with Gasteiger partial charge in [0.15, 0.2) is 11.6 Å². The van der Waals surface area contributed by atoms with Crippen LogP contribution in [-0.4, -0.2) is 116 Å². The van der Waals surface area contributed by atoms with Crippen molar-refractivity contribution in [1.29, 1.82) is 0 Å². The number of carbonyl (C=O) groups is 2. The van der Waals surface area contributed by atoms with Gasteiger partial charge in [-0.05, 0) is 132 Å². The van der Waals surface area contributed by atoms with Gasteiger partial charge in [-0.2, -0.15) is 0 Å². The van der Waals surface area contributed by atoms with Crippen molar-refractivity contribution in [1.82, 2.24) is 39.4 Å². The lowest BCUT2D eigenvalue weighted by molar-refractivity contribution is -0.384. The number of nitrogens with zero attached hydrogens (tertiary/aromatic N) is 8. The van der Waals surface area contributed by atoms with Crippen molar-refractivity contribution >= 4 is 117 Å². The van der Waals surface area contributed by atoms with Gasteiger partial charge in [0.25, 0.3) is 5.97 Å². The number of hydrogen-bond donors (Lipinski definition) is 5. The number of amides is 1. The lowest BCUT2D eigenvalue weighted by Gasteiger charge is -2.31. The smallest absolute Gasteiger partial charge is 0.407 e. The molecule has 22 nitrogen and oxygen atoms in total. The Morgan fingerprint density at radius 1 is 0.615 bits per heavy atom. The van der Waals surface area contributed by atoms with Crippen LogP contribution in [0.25, 0.3) is 54.8 Å². The van der Waals surface area contributed by atoms with E-state index in [0.29, 0.717) is 68.3 Å². The number of nitrogens with one attached hydrogen (secondary N) is 1. The Balaban J connectivity index is 0.000000588. The third-order valence-corrected chi connectivity index (χ3v) is 13.6. The number of esters is 1. The standard InChI is InChI=1S/C22H30N4O2.C16H21N5.C9H5ClN2O2.C9H20N2O2.C9H20O3.CH4.B.ClH/c1-5-17-25-19-20(15-11-8-9-12-16(15)24-21(19)23)26(17)14-10-6-7-13-18(27)28-22(2,3)4;1-2-13-20-14-15(21(13)10-6-5-9-17)11-7-3-4-8-12(11)19-16(14)18;10-9-6-3-1-2-4-7(6)11-5-8(9)12(13)14;1-9(2,3)13-8(12)11-7-5-4-6-10;1-5-9(10-6-2,11-7-3)12-8-4;;;/h8-9,11-12H,5-7,10,13-14H2,1-4H3,(H2,23,24);3-4,7-8H,2,5-6,9-10,17H2,1H3,(H2,18,19);1-5H;4-7,10H2,1-3H3,(H,11,12);5-8H2,1-4H3;1H4;;1H.